The molecule has 152 valence electrons. The van der Waals surface area contributed by atoms with E-state index in [1.165, 1.54) is 30.3 Å². The van der Waals surface area contributed by atoms with Gasteiger partial charge in [0.15, 0.2) is 5.75 Å². The van der Waals surface area contributed by atoms with Gasteiger partial charge in [-0.2, -0.15) is 0 Å². The fraction of sp³-hybridized carbons (Fsp3) is 0.200. The van der Waals surface area contributed by atoms with Gasteiger partial charge in [-0.05, 0) is 37.6 Å². The summed E-state index contributed by atoms with van der Waals surface area (Å²) in [6, 6.07) is 10.6. The van der Waals surface area contributed by atoms with Crippen LogP contribution in [0.4, 0.5) is 0 Å². The normalized spacial score (nSPS) is 11.6. The molecule has 0 spiro atoms. The Kier molecular flexibility index (Phi) is 6.07. The molecule has 0 saturated heterocycles. The number of ether oxygens (including phenoxy) is 1. The Labute approximate surface area is 172 Å². The van der Waals surface area contributed by atoms with Crippen LogP contribution in [0.5, 0.6) is 5.75 Å². The fourth-order valence-corrected chi connectivity index (χ4v) is 3.89. The number of rotatable bonds is 6. The molecule has 1 N–H and O–H groups in total. The first-order chi connectivity index (χ1) is 13.7. The van der Waals surface area contributed by atoms with Crippen molar-refractivity contribution in [2.45, 2.75) is 25.2 Å². The summed E-state index contributed by atoms with van der Waals surface area (Å²) in [6.07, 6.45) is -0.211. The summed E-state index contributed by atoms with van der Waals surface area (Å²) in [6.45, 7) is 3.44. The highest BCUT2D eigenvalue weighted by atomic mass is 35.5. The molecule has 0 saturated carbocycles. The molecule has 1 aromatic heterocycles. The van der Waals surface area contributed by atoms with E-state index in [2.05, 4.69) is 4.72 Å². The van der Waals surface area contributed by atoms with Crippen molar-refractivity contribution in [3.63, 3.8) is 0 Å². The monoisotopic (exact) mass is 435 g/mol. The van der Waals surface area contributed by atoms with Gasteiger partial charge in [-0.1, -0.05) is 29.3 Å². The van der Waals surface area contributed by atoms with Gasteiger partial charge in [-0.15, -0.1) is 0 Å². The van der Waals surface area contributed by atoms with Gasteiger partial charge in [0, 0.05) is 24.1 Å². The second-order valence-corrected chi connectivity index (χ2v) is 8.64. The van der Waals surface area contributed by atoms with E-state index in [1.54, 1.807) is 19.1 Å². The number of carbonyl (C=O) groups excluding carboxylic acids is 1. The topological polar surface area (TPSA) is 103 Å². The lowest BCUT2D eigenvalue weighted by atomic mass is 10.1. The maximum atomic E-state index is 12.2. The molecule has 2 aromatic carbocycles. The van der Waals surface area contributed by atoms with Crippen LogP contribution in [0.15, 0.2) is 56.6 Å². The van der Waals surface area contributed by atoms with E-state index in [0.717, 1.165) is 5.56 Å². The van der Waals surface area contributed by atoms with Crippen LogP contribution in [0.25, 0.3) is 11.0 Å². The van der Waals surface area contributed by atoms with Crippen LogP contribution in [0.2, 0.25) is 5.02 Å². The number of fused-ring (bicyclic) bond motifs is 1. The minimum Gasteiger partial charge on any atom is -0.425 e. The zero-order valence-corrected chi connectivity index (χ0v) is 17.3. The van der Waals surface area contributed by atoms with E-state index in [4.69, 9.17) is 20.8 Å². The summed E-state index contributed by atoms with van der Waals surface area (Å²) in [5.74, 6) is -0.660. The van der Waals surface area contributed by atoms with Crippen LogP contribution in [-0.2, 0) is 14.8 Å². The molecule has 3 aromatic rings. The highest BCUT2D eigenvalue weighted by molar-refractivity contribution is 7.89. The summed E-state index contributed by atoms with van der Waals surface area (Å²) < 4.78 is 37.1. The SMILES string of the molecule is Cc1ccc(S(=O)(=O)NCCC(=O)Oc2cc3oc(=O)cc(C)c3cc2Cl)cc1. The molecule has 3 rings (SSSR count). The maximum Gasteiger partial charge on any atom is 0.336 e. The Bertz CT molecular complexity index is 1230. The quantitative estimate of drug-likeness (QED) is 0.362. The molecule has 0 atom stereocenters. The second kappa shape index (κ2) is 8.36. The molecule has 0 bridgehead atoms. The summed E-state index contributed by atoms with van der Waals surface area (Å²) in [5.41, 5.74) is 1.33. The zero-order valence-electron chi connectivity index (χ0n) is 15.7. The molecule has 0 fully saturated rings. The highest BCUT2D eigenvalue weighted by Gasteiger charge is 2.16. The minimum atomic E-state index is -3.73. The summed E-state index contributed by atoms with van der Waals surface area (Å²) >= 11 is 6.15. The Morgan fingerprint density at radius 2 is 1.83 bits per heavy atom. The van der Waals surface area contributed by atoms with Crippen LogP contribution in [0.3, 0.4) is 0 Å². The van der Waals surface area contributed by atoms with Gasteiger partial charge >= 0.3 is 11.6 Å². The van der Waals surface area contributed by atoms with E-state index >= 15 is 0 Å². The standard InChI is InChI=1S/C20H18ClNO6S/c1-12-3-5-14(6-4-12)29(25,26)22-8-7-19(23)28-18-11-17-15(10-16(18)21)13(2)9-20(24)27-17/h3-6,9-11,22H,7-8H2,1-2H3. The number of aryl methyl sites for hydroxylation is 2. The average molecular weight is 436 g/mol. The number of hydrogen-bond acceptors (Lipinski definition) is 6. The van der Waals surface area contributed by atoms with E-state index in [0.29, 0.717) is 10.9 Å². The number of halogens is 1. The summed E-state index contributed by atoms with van der Waals surface area (Å²) in [7, 11) is -3.73. The largest absolute Gasteiger partial charge is 0.425 e. The van der Waals surface area contributed by atoms with Crippen molar-refractivity contribution in [3.05, 3.63) is 69.0 Å². The molecule has 0 aliphatic rings. The summed E-state index contributed by atoms with van der Waals surface area (Å²) in [5, 5.41) is 0.795. The average Bonchev–Trinajstić information content (AvgIpc) is 2.63. The zero-order chi connectivity index (χ0) is 21.2. The van der Waals surface area contributed by atoms with Crippen LogP contribution >= 0.6 is 11.6 Å². The van der Waals surface area contributed by atoms with Crippen LogP contribution in [0, 0.1) is 13.8 Å². The van der Waals surface area contributed by atoms with Crippen LogP contribution < -0.4 is 15.1 Å². The van der Waals surface area contributed by atoms with Crippen molar-refractivity contribution in [1.82, 2.24) is 4.72 Å². The number of sulfonamides is 1. The van der Waals surface area contributed by atoms with Crippen molar-refractivity contribution in [2.75, 3.05) is 6.54 Å². The third-order valence-corrected chi connectivity index (χ3v) is 5.95. The molecule has 1 heterocycles. The number of benzene rings is 2. The third-order valence-electron chi connectivity index (χ3n) is 4.18. The summed E-state index contributed by atoms with van der Waals surface area (Å²) in [4.78, 5) is 23.7. The maximum absolute atomic E-state index is 12.2. The van der Waals surface area contributed by atoms with Gasteiger partial charge in [0.05, 0.1) is 16.3 Å². The molecule has 0 aliphatic heterocycles. The van der Waals surface area contributed by atoms with Gasteiger partial charge in [0.1, 0.15) is 5.58 Å². The number of nitrogens with one attached hydrogen (secondary N) is 1. The molecule has 29 heavy (non-hydrogen) atoms. The molecular weight excluding hydrogens is 418 g/mol. The number of hydrogen-bond donors (Lipinski definition) is 1. The van der Waals surface area contributed by atoms with Gasteiger partial charge in [-0.3, -0.25) is 4.79 Å². The predicted molar refractivity (Wildman–Crippen MR) is 109 cm³/mol. The Morgan fingerprint density at radius 1 is 1.14 bits per heavy atom. The molecule has 7 nitrogen and oxygen atoms in total. The number of carbonyl (C=O) groups is 1. The molecule has 9 heteroatoms. The second-order valence-electron chi connectivity index (χ2n) is 6.46. The lowest BCUT2D eigenvalue weighted by molar-refractivity contribution is -0.134. The lowest BCUT2D eigenvalue weighted by Gasteiger charge is -2.09. The molecule has 0 aliphatic carbocycles. The molecular formula is C20H18ClNO6S. The lowest BCUT2D eigenvalue weighted by Crippen LogP contribution is -2.27. The predicted octanol–water partition coefficient (Wildman–Crippen LogP) is 3.34. The van der Waals surface area contributed by atoms with Crippen molar-refractivity contribution in [3.8, 4) is 5.75 Å². The Morgan fingerprint density at radius 3 is 2.52 bits per heavy atom. The van der Waals surface area contributed by atoms with Crippen molar-refractivity contribution < 1.29 is 22.4 Å². The van der Waals surface area contributed by atoms with Crippen molar-refractivity contribution in [2.24, 2.45) is 0 Å². The first kappa shape index (κ1) is 21.0. The third kappa shape index (κ3) is 5.03. The fourth-order valence-electron chi connectivity index (χ4n) is 2.66. The first-order valence-electron chi connectivity index (χ1n) is 8.67. The Balaban J connectivity index is 1.66. The number of esters is 1. The van der Waals surface area contributed by atoms with E-state index in [9.17, 15) is 18.0 Å². The van der Waals surface area contributed by atoms with E-state index in [-0.39, 0.29) is 34.2 Å². The van der Waals surface area contributed by atoms with Crippen LogP contribution in [0.1, 0.15) is 17.5 Å². The van der Waals surface area contributed by atoms with Crippen LogP contribution in [-0.4, -0.2) is 20.9 Å². The minimum absolute atomic E-state index is 0.0271. The van der Waals surface area contributed by atoms with Crippen molar-refractivity contribution >= 4 is 38.6 Å². The van der Waals surface area contributed by atoms with E-state index in [1.807, 2.05) is 6.92 Å². The molecule has 0 radical (unpaired) electrons. The first-order valence-corrected chi connectivity index (χ1v) is 10.5. The smallest absolute Gasteiger partial charge is 0.336 e. The van der Waals surface area contributed by atoms with Gasteiger partial charge in [-0.25, -0.2) is 17.9 Å². The Hall–Kier alpha value is -2.68. The van der Waals surface area contributed by atoms with Gasteiger partial charge in [0.25, 0.3) is 0 Å². The van der Waals surface area contributed by atoms with E-state index < -0.39 is 21.6 Å². The highest BCUT2D eigenvalue weighted by Crippen LogP contribution is 2.31. The van der Waals surface area contributed by atoms with Gasteiger partial charge in [0.2, 0.25) is 10.0 Å². The molecule has 0 amide bonds. The van der Waals surface area contributed by atoms with Gasteiger partial charge < -0.3 is 9.15 Å². The van der Waals surface area contributed by atoms with Crippen molar-refractivity contribution in [1.29, 1.82) is 0 Å². The molecule has 0 unspecified atom stereocenters.